The molecule has 6 nitrogen and oxygen atoms in total. The Kier molecular flexibility index (Phi) is 4.14. The van der Waals surface area contributed by atoms with E-state index in [1.165, 1.54) is 0 Å². The summed E-state index contributed by atoms with van der Waals surface area (Å²) in [6.45, 7) is 2.06. The van der Waals surface area contributed by atoms with Crippen molar-refractivity contribution in [2.24, 2.45) is 15.7 Å². The van der Waals surface area contributed by atoms with Gasteiger partial charge < -0.3 is 10.5 Å². The number of primary amides is 1. The monoisotopic (exact) mass is 221 g/mol. The standard InChI is InChI=1S/C7H4N2O.C3H7NO2/c10-7-8-5-3-1-2-4-6(5)9-7;1-2-6-3(4)5/h1-4H;2H2,1H3,(H2,4,5). The number of urea groups is 1. The predicted octanol–water partition coefficient (Wildman–Crippen LogP) is 0.161. The van der Waals surface area contributed by atoms with Crippen LogP contribution in [0.1, 0.15) is 6.92 Å². The van der Waals surface area contributed by atoms with Gasteiger partial charge in [-0.2, -0.15) is 9.98 Å². The number of amides is 3. The van der Waals surface area contributed by atoms with Gasteiger partial charge in [0.15, 0.2) is 0 Å². The maximum atomic E-state index is 10.6. The lowest BCUT2D eigenvalue weighted by Crippen LogP contribution is -2.19. The van der Waals surface area contributed by atoms with Gasteiger partial charge in [-0.25, -0.2) is 9.59 Å². The molecule has 0 atom stereocenters. The number of carbonyl (C=O) groups is 2. The van der Waals surface area contributed by atoms with E-state index < -0.39 is 12.1 Å². The number of fused-ring (bicyclic) bond motifs is 1. The molecular formula is C10H11N3O3. The number of benzene rings is 1. The van der Waals surface area contributed by atoms with Crippen molar-refractivity contribution in [1.82, 2.24) is 0 Å². The molecule has 0 fully saturated rings. The number of hydrogen-bond donors (Lipinski definition) is 1. The number of para-hydroxylation sites is 2. The minimum Gasteiger partial charge on any atom is -0.450 e. The normalized spacial score (nSPS) is 11.4. The fourth-order valence-corrected chi connectivity index (χ4v) is 1.03. The highest BCUT2D eigenvalue weighted by molar-refractivity contribution is 5.77. The zero-order valence-corrected chi connectivity index (χ0v) is 8.71. The second-order valence-corrected chi connectivity index (χ2v) is 2.75. The molecular weight excluding hydrogens is 210 g/mol. The molecule has 0 radical (unpaired) electrons. The Bertz CT molecular complexity index is 473. The van der Waals surface area contributed by atoms with Crippen molar-refractivity contribution in [3.05, 3.63) is 35.0 Å². The summed E-state index contributed by atoms with van der Waals surface area (Å²) in [5.74, 6) is 0. The molecule has 84 valence electrons. The van der Waals surface area contributed by atoms with E-state index in [1.807, 2.05) is 12.1 Å². The molecule has 1 aliphatic heterocycles. The molecule has 0 aromatic heterocycles. The van der Waals surface area contributed by atoms with Gasteiger partial charge in [0.05, 0.1) is 17.3 Å². The first-order valence-corrected chi connectivity index (χ1v) is 4.62. The Morgan fingerprint density at radius 2 is 1.81 bits per heavy atom. The van der Waals surface area contributed by atoms with Gasteiger partial charge >= 0.3 is 12.1 Å². The van der Waals surface area contributed by atoms with Crippen molar-refractivity contribution in [3.63, 3.8) is 0 Å². The summed E-state index contributed by atoms with van der Waals surface area (Å²) >= 11 is 0. The van der Waals surface area contributed by atoms with Crippen LogP contribution in [0.4, 0.5) is 9.59 Å². The summed E-state index contributed by atoms with van der Waals surface area (Å²) in [6, 6.07) is 6.79. The van der Waals surface area contributed by atoms with Crippen LogP contribution in [0.5, 0.6) is 0 Å². The topological polar surface area (TPSA) is 94.1 Å². The van der Waals surface area contributed by atoms with Crippen molar-refractivity contribution < 1.29 is 14.3 Å². The third kappa shape index (κ3) is 3.49. The van der Waals surface area contributed by atoms with E-state index in [2.05, 4.69) is 20.5 Å². The summed E-state index contributed by atoms with van der Waals surface area (Å²) in [7, 11) is 0. The Balaban J connectivity index is 0.000000187. The van der Waals surface area contributed by atoms with E-state index in [9.17, 15) is 9.59 Å². The van der Waals surface area contributed by atoms with Gasteiger partial charge in [0.1, 0.15) is 0 Å². The zero-order chi connectivity index (χ0) is 12.0. The van der Waals surface area contributed by atoms with Crippen LogP contribution in [0.25, 0.3) is 0 Å². The van der Waals surface area contributed by atoms with Crippen LogP contribution >= 0.6 is 0 Å². The molecule has 1 aliphatic rings. The van der Waals surface area contributed by atoms with Crippen molar-refractivity contribution in [3.8, 4) is 0 Å². The second kappa shape index (κ2) is 5.59. The van der Waals surface area contributed by atoms with Crippen LogP contribution in [0, 0.1) is 0 Å². The number of ether oxygens (including phenoxy) is 1. The average Bonchev–Trinajstić information content (AvgIpc) is 2.58. The molecule has 1 aromatic rings. The Morgan fingerprint density at radius 3 is 2.12 bits per heavy atom. The summed E-state index contributed by atoms with van der Waals surface area (Å²) in [5.41, 5.74) is 4.54. The van der Waals surface area contributed by atoms with Crippen molar-refractivity contribution in [2.45, 2.75) is 6.92 Å². The lowest BCUT2D eigenvalue weighted by molar-refractivity contribution is 0.163. The molecule has 1 aromatic carbocycles. The number of nitrogens with zero attached hydrogens (tertiary/aromatic N) is 2. The summed E-state index contributed by atoms with van der Waals surface area (Å²) in [6.07, 6.45) is -0.711. The quantitative estimate of drug-likeness (QED) is 0.731. The van der Waals surface area contributed by atoms with Gasteiger partial charge in [0, 0.05) is 0 Å². The minimum absolute atomic E-state index is 0.356. The molecule has 6 heteroatoms. The van der Waals surface area contributed by atoms with Crippen LogP contribution in [0.3, 0.4) is 0 Å². The van der Waals surface area contributed by atoms with Gasteiger partial charge in [0.25, 0.3) is 0 Å². The number of carbonyl (C=O) groups excluding carboxylic acids is 2. The van der Waals surface area contributed by atoms with Gasteiger partial charge in [-0.3, -0.25) is 0 Å². The van der Waals surface area contributed by atoms with Crippen LogP contribution in [-0.4, -0.2) is 18.7 Å². The Labute approximate surface area is 91.5 Å². The first kappa shape index (κ1) is 11.8. The highest BCUT2D eigenvalue weighted by Gasteiger charge is 2.01. The van der Waals surface area contributed by atoms with Crippen LogP contribution in [-0.2, 0) is 4.74 Å². The lowest BCUT2D eigenvalue weighted by Gasteiger charge is -1.89. The van der Waals surface area contributed by atoms with Crippen LogP contribution in [0.2, 0.25) is 0 Å². The number of hydrogen-bond acceptors (Lipinski definition) is 3. The van der Waals surface area contributed by atoms with Crippen molar-refractivity contribution in [2.75, 3.05) is 6.61 Å². The molecule has 0 saturated heterocycles. The van der Waals surface area contributed by atoms with E-state index in [1.54, 1.807) is 19.1 Å². The fraction of sp³-hybridized carbons (Fsp3) is 0.200. The summed E-state index contributed by atoms with van der Waals surface area (Å²) in [4.78, 5) is 27.5. The molecule has 0 bridgehead atoms. The maximum absolute atomic E-state index is 10.6. The van der Waals surface area contributed by atoms with Crippen molar-refractivity contribution >= 4 is 12.1 Å². The highest BCUT2D eigenvalue weighted by atomic mass is 16.5. The molecule has 0 unspecified atom stereocenters. The lowest BCUT2D eigenvalue weighted by atomic mass is 10.3. The smallest absolute Gasteiger partial charge is 0.404 e. The molecule has 3 amide bonds. The van der Waals surface area contributed by atoms with Gasteiger partial charge in [0.2, 0.25) is 0 Å². The SMILES string of the molecule is CCOC(N)=O.O=C1N=c2ccccc2=N1. The van der Waals surface area contributed by atoms with E-state index in [4.69, 9.17) is 0 Å². The summed E-state index contributed by atoms with van der Waals surface area (Å²) < 4.78 is 4.18. The van der Waals surface area contributed by atoms with Crippen LogP contribution in [0.15, 0.2) is 34.3 Å². The minimum atomic E-state index is -0.711. The molecule has 2 rings (SSSR count). The van der Waals surface area contributed by atoms with Gasteiger partial charge in [-0.1, -0.05) is 12.1 Å². The first-order chi connectivity index (χ1) is 7.63. The van der Waals surface area contributed by atoms with E-state index in [0.29, 0.717) is 17.3 Å². The zero-order valence-electron chi connectivity index (χ0n) is 8.71. The first-order valence-electron chi connectivity index (χ1n) is 4.62. The fourth-order valence-electron chi connectivity index (χ4n) is 1.03. The largest absolute Gasteiger partial charge is 0.450 e. The maximum Gasteiger partial charge on any atom is 0.404 e. The molecule has 0 spiro atoms. The molecule has 0 saturated carbocycles. The third-order valence-electron chi connectivity index (χ3n) is 1.60. The molecule has 0 aliphatic carbocycles. The Hall–Kier alpha value is -2.24. The van der Waals surface area contributed by atoms with Gasteiger partial charge in [-0.15, -0.1) is 0 Å². The molecule has 2 N–H and O–H groups in total. The second-order valence-electron chi connectivity index (χ2n) is 2.75. The van der Waals surface area contributed by atoms with E-state index >= 15 is 0 Å². The van der Waals surface area contributed by atoms with E-state index in [0.717, 1.165) is 0 Å². The number of nitrogens with two attached hydrogens (primary N) is 1. The van der Waals surface area contributed by atoms with Crippen molar-refractivity contribution in [1.29, 1.82) is 0 Å². The molecule has 1 heterocycles. The number of rotatable bonds is 1. The summed E-state index contributed by atoms with van der Waals surface area (Å²) in [5, 5.41) is 1.35. The van der Waals surface area contributed by atoms with Crippen LogP contribution < -0.4 is 16.4 Å². The van der Waals surface area contributed by atoms with Gasteiger partial charge in [-0.05, 0) is 19.1 Å². The average molecular weight is 221 g/mol. The molecule has 16 heavy (non-hydrogen) atoms. The highest BCUT2D eigenvalue weighted by Crippen LogP contribution is 1.83. The van der Waals surface area contributed by atoms with E-state index in [-0.39, 0.29) is 0 Å². The Morgan fingerprint density at radius 1 is 1.31 bits per heavy atom. The predicted molar refractivity (Wildman–Crippen MR) is 55.4 cm³/mol. The third-order valence-corrected chi connectivity index (χ3v) is 1.60.